The van der Waals surface area contributed by atoms with E-state index >= 15 is 0 Å². The van der Waals surface area contributed by atoms with E-state index in [4.69, 9.17) is 0 Å². The molecule has 3 rings (SSSR count). The van der Waals surface area contributed by atoms with Gasteiger partial charge in [0, 0.05) is 4.48 Å². The molecular weight excluding hydrogens is 416 g/mol. The minimum atomic E-state index is -1.85. The van der Waals surface area contributed by atoms with Gasteiger partial charge in [-0.3, -0.25) is 4.79 Å². The smallest absolute Gasteiger partial charge is 0.281 e. The van der Waals surface area contributed by atoms with Crippen LogP contribution in [0.4, 0.5) is 0 Å². The van der Waals surface area contributed by atoms with Gasteiger partial charge in [0.1, 0.15) is 0 Å². The molecule has 4 nitrogen and oxygen atoms in total. The summed E-state index contributed by atoms with van der Waals surface area (Å²) in [7, 11) is 0. The van der Waals surface area contributed by atoms with Gasteiger partial charge in [-0.25, -0.2) is 5.43 Å². The topological polar surface area (TPSA) is 61.7 Å². The average Bonchev–Trinajstić information content (AvgIpc) is 2.75. The Bertz CT molecular complexity index is 932. The first-order chi connectivity index (χ1) is 13.6. The van der Waals surface area contributed by atoms with Crippen molar-refractivity contribution in [1.82, 2.24) is 5.43 Å². The first-order valence-corrected chi connectivity index (χ1v) is 9.49. The highest BCUT2D eigenvalue weighted by Crippen LogP contribution is 2.29. The summed E-state index contributed by atoms with van der Waals surface area (Å²) in [4.78, 5) is 12.9. The molecule has 0 spiro atoms. The number of allylic oxidation sites excluding steroid dienone is 1. The van der Waals surface area contributed by atoms with E-state index < -0.39 is 11.5 Å². The highest BCUT2D eigenvalue weighted by atomic mass is 79.9. The van der Waals surface area contributed by atoms with E-state index in [1.807, 2.05) is 48.5 Å². The lowest BCUT2D eigenvalue weighted by molar-refractivity contribution is -0.136. The summed E-state index contributed by atoms with van der Waals surface area (Å²) in [6.45, 7) is 0. The molecule has 28 heavy (non-hydrogen) atoms. The van der Waals surface area contributed by atoms with E-state index in [0.717, 1.165) is 5.56 Å². The van der Waals surface area contributed by atoms with Crippen molar-refractivity contribution in [3.63, 3.8) is 0 Å². The number of hydrogen-bond donors (Lipinski definition) is 2. The molecule has 0 aliphatic heterocycles. The predicted octanol–water partition coefficient (Wildman–Crippen LogP) is 4.46. The monoisotopic (exact) mass is 434 g/mol. The van der Waals surface area contributed by atoms with Crippen molar-refractivity contribution in [3.8, 4) is 0 Å². The summed E-state index contributed by atoms with van der Waals surface area (Å²) >= 11 is 3.40. The van der Waals surface area contributed by atoms with Gasteiger partial charge in [-0.15, -0.1) is 0 Å². The van der Waals surface area contributed by atoms with Crippen LogP contribution in [0.2, 0.25) is 0 Å². The normalized spacial score (nSPS) is 12.1. The maximum absolute atomic E-state index is 12.9. The Hall–Kier alpha value is -3.02. The number of halogens is 1. The Balaban J connectivity index is 1.82. The third kappa shape index (κ3) is 4.63. The van der Waals surface area contributed by atoms with Crippen molar-refractivity contribution in [2.75, 3.05) is 0 Å². The van der Waals surface area contributed by atoms with Crippen LogP contribution in [0.1, 0.15) is 16.7 Å². The van der Waals surface area contributed by atoms with Gasteiger partial charge < -0.3 is 5.11 Å². The summed E-state index contributed by atoms with van der Waals surface area (Å²) in [5, 5.41) is 15.3. The lowest BCUT2D eigenvalue weighted by atomic mass is 9.85. The lowest BCUT2D eigenvalue weighted by Crippen LogP contribution is -2.43. The SMILES string of the molecule is O=C(N/N=C/C(Br)=C/c1ccccc1)C(O)(c1ccccc1)c1ccccc1. The van der Waals surface area contributed by atoms with Crippen LogP contribution < -0.4 is 5.43 Å². The molecule has 0 aliphatic carbocycles. The molecule has 1 amide bonds. The summed E-state index contributed by atoms with van der Waals surface area (Å²) < 4.78 is 0.682. The van der Waals surface area contributed by atoms with Crippen LogP contribution in [0, 0.1) is 0 Å². The maximum atomic E-state index is 12.9. The second-order valence-electron chi connectivity index (χ2n) is 6.08. The number of nitrogens with zero attached hydrogens (tertiary/aromatic N) is 1. The van der Waals surface area contributed by atoms with Crippen LogP contribution in [0.3, 0.4) is 0 Å². The van der Waals surface area contributed by atoms with Crippen molar-refractivity contribution < 1.29 is 9.90 Å². The molecule has 140 valence electrons. The molecule has 0 atom stereocenters. The molecule has 5 heteroatoms. The number of carbonyl (C=O) groups is 1. The van der Waals surface area contributed by atoms with E-state index in [2.05, 4.69) is 26.5 Å². The minimum absolute atomic E-state index is 0.466. The first-order valence-electron chi connectivity index (χ1n) is 8.70. The van der Waals surface area contributed by atoms with Gasteiger partial charge in [-0.05, 0) is 38.7 Å². The molecular formula is C23H19BrN2O2. The number of amides is 1. The van der Waals surface area contributed by atoms with E-state index in [-0.39, 0.29) is 0 Å². The molecule has 3 aromatic rings. The molecule has 0 saturated heterocycles. The largest absolute Gasteiger partial charge is 0.372 e. The molecule has 2 N–H and O–H groups in total. The number of carbonyl (C=O) groups excluding carboxylic acids is 1. The maximum Gasteiger partial charge on any atom is 0.281 e. The van der Waals surface area contributed by atoms with Crippen LogP contribution in [0.15, 0.2) is 101 Å². The zero-order chi connectivity index (χ0) is 19.8. The van der Waals surface area contributed by atoms with Crippen LogP contribution in [0.5, 0.6) is 0 Å². The second-order valence-corrected chi connectivity index (χ2v) is 7.00. The van der Waals surface area contributed by atoms with Gasteiger partial charge in [0.25, 0.3) is 5.91 Å². The fraction of sp³-hybridized carbons (Fsp3) is 0.0435. The Kier molecular flexibility index (Phi) is 6.53. The molecule has 3 aromatic carbocycles. The van der Waals surface area contributed by atoms with Crippen LogP contribution >= 0.6 is 15.9 Å². The van der Waals surface area contributed by atoms with Crippen LogP contribution in [-0.2, 0) is 10.4 Å². The number of hydrogen-bond acceptors (Lipinski definition) is 3. The van der Waals surface area contributed by atoms with E-state index in [9.17, 15) is 9.90 Å². The lowest BCUT2D eigenvalue weighted by Gasteiger charge is -2.27. The average molecular weight is 435 g/mol. The molecule has 0 bridgehead atoms. The van der Waals surface area contributed by atoms with Crippen molar-refractivity contribution in [2.24, 2.45) is 5.10 Å². The Morgan fingerprint density at radius 2 is 1.32 bits per heavy atom. The first kappa shape index (κ1) is 19.7. The summed E-state index contributed by atoms with van der Waals surface area (Å²) in [5.74, 6) is -0.638. The highest BCUT2D eigenvalue weighted by molar-refractivity contribution is 9.12. The van der Waals surface area contributed by atoms with Crippen molar-refractivity contribution >= 4 is 34.1 Å². The zero-order valence-electron chi connectivity index (χ0n) is 15.0. The Morgan fingerprint density at radius 3 is 1.82 bits per heavy atom. The zero-order valence-corrected chi connectivity index (χ0v) is 16.6. The standard InChI is InChI=1S/C23H19BrN2O2/c24-21(16-18-10-4-1-5-11-18)17-25-26-22(27)23(28,19-12-6-2-7-13-19)20-14-8-3-9-15-20/h1-17,28H,(H,26,27)/b21-16-,25-17+. The number of aliphatic hydroxyl groups is 1. The van der Waals surface area contributed by atoms with E-state index in [1.165, 1.54) is 6.21 Å². The molecule has 0 aromatic heterocycles. The fourth-order valence-corrected chi connectivity index (χ4v) is 3.13. The summed E-state index contributed by atoms with van der Waals surface area (Å²) in [5.41, 5.74) is 2.52. The fourth-order valence-electron chi connectivity index (χ4n) is 2.77. The third-order valence-corrected chi connectivity index (χ3v) is 4.60. The van der Waals surface area contributed by atoms with Gasteiger partial charge in [0.2, 0.25) is 0 Å². The van der Waals surface area contributed by atoms with Gasteiger partial charge in [-0.1, -0.05) is 91.0 Å². The molecule has 0 aliphatic rings. The van der Waals surface area contributed by atoms with Gasteiger partial charge in [0.05, 0.1) is 6.21 Å². The summed E-state index contributed by atoms with van der Waals surface area (Å²) in [6.07, 6.45) is 3.34. The Morgan fingerprint density at radius 1 is 0.857 bits per heavy atom. The summed E-state index contributed by atoms with van der Waals surface area (Å²) in [6, 6.07) is 27.3. The van der Waals surface area contributed by atoms with Crippen molar-refractivity contribution in [1.29, 1.82) is 0 Å². The van der Waals surface area contributed by atoms with Gasteiger partial charge in [-0.2, -0.15) is 5.10 Å². The second kappa shape index (κ2) is 9.26. The van der Waals surface area contributed by atoms with Crippen LogP contribution in [0.25, 0.3) is 6.08 Å². The number of benzene rings is 3. The van der Waals surface area contributed by atoms with E-state index in [1.54, 1.807) is 48.5 Å². The number of hydrazone groups is 1. The van der Waals surface area contributed by atoms with Gasteiger partial charge >= 0.3 is 0 Å². The van der Waals surface area contributed by atoms with Crippen LogP contribution in [-0.4, -0.2) is 17.2 Å². The third-order valence-electron chi connectivity index (χ3n) is 4.17. The minimum Gasteiger partial charge on any atom is -0.372 e. The molecule has 0 unspecified atom stereocenters. The quantitative estimate of drug-likeness (QED) is 0.444. The molecule has 0 saturated carbocycles. The Labute approximate surface area is 172 Å². The molecule has 0 radical (unpaired) electrons. The van der Waals surface area contributed by atoms with Crippen molar-refractivity contribution in [3.05, 3.63) is 112 Å². The predicted molar refractivity (Wildman–Crippen MR) is 116 cm³/mol. The van der Waals surface area contributed by atoms with Crippen molar-refractivity contribution in [2.45, 2.75) is 5.60 Å². The number of rotatable bonds is 6. The highest BCUT2D eigenvalue weighted by Gasteiger charge is 2.39. The molecule has 0 heterocycles. The number of nitrogens with one attached hydrogen (secondary N) is 1. The van der Waals surface area contributed by atoms with Gasteiger partial charge in [0.15, 0.2) is 5.60 Å². The van der Waals surface area contributed by atoms with E-state index in [0.29, 0.717) is 15.6 Å². The molecule has 0 fully saturated rings.